The van der Waals surface area contributed by atoms with Crippen molar-refractivity contribution in [2.75, 3.05) is 0 Å². The van der Waals surface area contributed by atoms with E-state index in [9.17, 15) is 8.78 Å². The van der Waals surface area contributed by atoms with Crippen molar-refractivity contribution >= 4 is 10.9 Å². The van der Waals surface area contributed by atoms with Crippen LogP contribution in [0.1, 0.15) is 5.69 Å². The predicted molar refractivity (Wildman–Crippen MR) is 47.6 cm³/mol. The Bertz CT molecular complexity index is 471. The Morgan fingerprint density at radius 1 is 1.15 bits per heavy atom. The van der Waals surface area contributed by atoms with Crippen LogP contribution in [0.3, 0.4) is 0 Å². The molecule has 1 nitrogen and oxygen atoms in total. The van der Waals surface area contributed by atoms with E-state index in [1.54, 1.807) is 17.7 Å². The molecule has 2 rings (SSSR count). The number of halogens is 2. The van der Waals surface area contributed by atoms with Gasteiger partial charge in [-0.25, -0.2) is 8.78 Å². The quantitative estimate of drug-likeness (QED) is 0.589. The minimum atomic E-state index is -0.532. The van der Waals surface area contributed by atoms with Gasteiger partial charge in [-0.2, -0.15) is 0 Å². The summed E-state index contributed by atoms with van der Waals surface area (Å²) < 4.78 is 27.8. The topological polar surface area (TPSA) is 4.93 Å². The summed E-state index contributed by atoms with van der Waals surface area (Å²) in [7, 11) is 1.76. The molecule has 1 aromatic heterocycles. The third-order valence-corrected chi connectivity index (χ3v) is 2.29. The Balaban J connectivity index is 2.94. The van der Waals surface area contributed by atoms with Crippen LogP contribution in [0.4, 0.5) is 8.78 Å². The number of aromatic nitrogens is 1. The Kier molecular flexibility index (Phi) is 1.62. The minimum absolute atomic E-state index is 0.457. The third-order valence-electron chi connectivity index (χ3n) is 2.29. The van der Waals surface area contributed by atoms with E-state index in [0.29, 0.717) is 10.9 Å². The van der Waals surface area contributed by atoms with Crippen molar-refractivity contribution < 1.29 is 8.78 Å². The second-order valence-electron chi connectivity index (χ2n) is 3.17. The monoisotopic (exact) mass is 181 g/mol. The van der Waals surface area contributed by atoms with Gasteiger partial charge in [0.2, 0.25) is 0 Å². The van der Waals surface area contributed by atoms with E-state index in [1.807, 2.05) is 6.92 Å². The van der Waals surface area contributed by atoms with Crippen LogP contribution < -0.4 is 0 Å². The van der Waals surface area contributed by atoms with E-state index in [0.717, 1.165) is 11.8 Å². The number of hydrogen-bond donors (Lipinski definition) is 0. The summed E-state index contributed by atoms with van der Waals surface area (Å²) in [5.41, 5.74) is 1.37. The van der Waals surface area contributed by atoms with Crippen LogP contribution >= 0.6 is 0 Å². The summed E-state index contributed by atoms with van der Waals surface area (Å²) in [6.07, 6.45) is 0. The van der Waals surface area contributed by atoms with Crippen LogP contribution in [-0.2, 0) is 7.05 Å². The van der Waals surface area contributed by atoms with Crippen LogP contribution in [0, 0.1) is 18.6 Å². The molecule has 0 amide bonds. The van der Waals surface area contributed by atoms with Crippen LogP contribution in [0.25, 0.3) is 10.9 Å². The lowest BCUT2D eigenvalue weighted by molar-refractivity contribution is 0.588. The van der Waals surface area contributed by atoms with Crippen molar-refractivity contribution in [1.29, 1.82) is 0 Å². The number of nitrogens with zero attached hydrogens (tertiary/aromatic N) is 1. The summed E-state index contributed by atoms with van der Waals surface area (Å²) in [6, 6.07) is 4.01. The fraction of sp³-hybridized carbons (Fsp3) is 0.200. The molecule has 2 aromatic rings. The molecule has 0 saturated heterocycles. The van der Waals surface area contributed by atoms with Gasteiger partial charge in [0.15, 0.2) is 0 Å². The fourth-order valence-corrected chi connectivity index (χ4v) is 1.55. The average Bonchev–Trinajstić information content (AvgIpc) is 2.27. The lowest BCUT2D eigenvalue weighted by Gasteiger charge is -1.99. The molecule has 0 spiro atoms. The second-order valence-corrected chi connectivity index (χ2v) is 3.17. The van der Waals surface area contributed by atoms with Crippen molar-refractivity contribution in [2.24, 2.45) is 7.05 Å². The first-order valence-corrected chi connectivity index (χ1v) is 4.00. The van der Waals surface area contributed by atoms with Gasteiger partial charge in [-0.15, -0.1) is 0 Å². The zero-order valence-electron chi connectivity index (χ0n) is 7.44. The van der Waals surface area contributed by atoms with E-state index in [-0.39, 0.29) is 0 Å². The van der Waals surface area contributed by atoms with Crippen LogP contribution in [0.5, 0.6) is 0 Å². The smallest absolute Gasteiger partial charge is 0.150 e. The first-order valence-electron chi connectivity index (χ1n) is 4.00. The zero-order chi connectivity index (χ0) is 9.59. The van der Waals surface area contributed by atoms with Gasteiger partial charge in [-0.3, -0.25) is 0 Å². The summed E-state index contributed by atoms with van der Waals surface area (Å²) >= 11 is 0. The van der Waals surface area contributed by atoms with Crippen LogP contribution in [-0.4, -0.2) is 4.57 Å². The van der Waals surface area contributed by atoms with E-state index < -0.39 is 11.6 Å². The maximum atomic E-state index is 13.3. The molecule has 68 valence electrons. The van der Waals surface area contributed by atoms with Gasteiger partial charge in [-0.1, -0.05) is 0 Å². The summed E-state index contributed by atoms with van der Waals surface area (Å²) in [6.45, 7) is 1.86. The molecule has 13 heavy (non-hydrogen) atoms. The molecule has 0 atom stereocenters. The fourth-order valence-electron chi connectivity index (χ4n) is 1.55. The van der Waals surface area contributed by atoms with E-state index in [4.69, 9.17) is 0 Å². The molecule has 3 heteroatoms. The van der Waals surface area contributed by atoms with Gasteiger partial charge in [0, 0.05) is 24.2 Å². The highest BCUT2D eigenvalue weighted by atomic mass is 19.1. The zero-order valence-corrected chi connectivity index (χ0v) is 7.44. The molecular formula is C10H9F2N. The third kappa shape index (κ3) is 1.11. The largest absolute Gasteiger partial charge is 0.346 e. The van der Waals surface area contributed by atoms with Crippen molar-refractivity contribution in [3.8, 4) is 0 Å². The molecule has 0 unspecified atom stereocenters. The van der Waals surface area contributed by atoms with Crippen molar-refractivity contribution in [2.45, 2.75) is 6.92 Å². The Labute approximate surface area is 74.6 Å². The van der Waals surface area contributed by atoms with Crippen molar-refractivity contribution in [3.63, 3.8) is 0 Å². The first-order chi connectivity index (χ1) is 6.09. The molecule has 0 aliphatic carbocycles. The highest BCUT2D eigenvalue weighted by molar-refractivity contribution is 5.81. The highest BCUT2D eigenvalue weighted by Crippen LogP contribution is 2.22. The minimum Gasteiger partial charge on any atom is -0.346 e. The highest BCUT2D eigenvalue weighted by Gasteiger charge is 2.08. The number of benzene rings is 1. The van der Waals surface area contributed by atoms with Gasteiger partial charge in [0.1, 0.15) is 11.6 Å². The SMILES string of the molecule is Cc1cc2cc(F)cc(F)c2n1C. The van der Waals surface area contributed by atoms with Crippen LogP contribution in [0.2, 0.25) is 0 Å². The predicted octanol–water partition coefficient (Wildman–Crippen LogP) is 2.76. The Morgan fingerprint density at radius 3 is 2.54 bits per heavy atom. The number of hydrogen-bond acceptors (Lipinski definition) is 0. The molecule has 1 aromatic carbocycles. The maximum absolute atomic E-state index is 13.3. The number of aryl methyl sites for hydroxylation is 2. The molecule has 0 N–H and O–H groups in total. The van der Waals surface area contributed by atoms with E-state index >= 15 is 0 Å². The molecule has 0 aliphatic rings. The molecule has 0 bridgehead atoms. The van der Waals surface area contributed by atoms with Gasteiger partial charge in [0.05, 0.1) is 5.52 Å². The van der Waals surface area contributed by atoms with Crippen molar-refractivity contribution in [3.05, 3.63) is 35.5 Å². The lowest BCUT2D eigenvalue weighted by atomic mass is 10.2. The van der Waals surface area contributed by atoms with Gasteiger partial charge in [-0.05, 0) is 19.1 Å². The molecule has 0 saturated carbocycles. The maximum Gasteiger partial charge on any atom is 0.150 e. The number of fused-ring (bicyclic) bond motifs is 1. The molecule has 1 heterocycles. The molecule has 0 radical (unpaired) electrons. The number of rotatable bonds is 0. The Hall–Kier alpha value is -1.38. The van der Waals surface area contributed by atoms with Gasteiger partial charge < -0.3 is 4.57 Å². The van der Waals surface area contributed by atoms with Gasteiger partial charge >= 0.3 is 0 Å². The Morgan fingerprint density at radius 2 is 1.85 bits per heavy atom. The first kappa shape index (κ1) is 8.23. The van der Waals surface area contributed by atoms with Gasteiger partial charge in [0.25, 0.3) is 0 Å². The average molecular weight is 181 g/mol. The lowest BCUT2D eigenvalue weighted by Crippen LogP contribution is -1.92. The van der Waals surface area contributed by atoms with Crippen molar-refractivity contribution in [1.82, 2.24) is 4.57 Å². The normalized spacial score (nSPS) is 11.1. The summed E-state index contributed by atoms with van der Waals surface area (Å²) in [4.78, 5) is 0. The van der Waals surface area contributed by atoms with E-state index in [1.165, 1.54) is 6.07 Å². The molecular weight excluding hydrogens is 172 g/mol. The standard InChI is InChI=1S/C10H9F2N/c1-6-3-7-4-8(11)5-9(12)10(7)13(6)2/h3-5H,1-2H3. The summed E-state index contributed by atoms with van der Waals surface area (Å²) in [5.74, 6) is -1.04. The second kappa shape index (κ2) is 2.55. The van der Waals surface area contributed by atoms with Crippen LogP contribution in [0.15, 0.2) is 18.2 Å². The molecule has 0 aliphatic heterocycles. The molecule has 0 fully saturated rings. The van der Waals surface area contributed by atoms with E-state index in [2.05, 4.69) is 0 Å². The summed E-state index contributed by atoms with van der Waals surface area (Å²) in [5, 5.41) is 0.609.